The third kappa shape index (κ3) is 1.91. The highest BCUT2D eigenvalue weighted by atomic mass is 16.7. The van der Waals surface area contributed by atoms with Gasteiger partial charge >= 0.3 is 0 Å². The molecule has 3 rings (SSSR count). The Morgan fingerprint density at radius 1 is 1.09 bits per heavy atom. The van der Waals surface area contributed by atoms with Crippen LogP contribution in [0.25, 0.3) is 0 Å². The Labute approximate surface area is 128 Å². The van der Waals surface area contributed by atoms with Gasteiger partial charge in [0.05, 0.1) is 7.11 Å². The summed E-state index contributed by atoms with van der Waals surface area (Å²) in [5.41, 5.74) is 1.28. The van der Waals surface area contributed by atoms with Crippen LogP contribution < -0.4 is 0 Å². The van der Waals surface area contributed by atoms with Crippen LogP contribution in [0.15, 0.2) is 24.3 Å². The van der Waals surface area contributed by atoms with Crippen molar-refractivity contribution in [2.75, 3.05) is 21.3 Å². The number of hydrogen-bond donors (Lipinski definition) is 0. The van der Waals surface area contributed by atoms with Gasteiger partial charge in [-0.25, -0.2) is 5.06 Å². The first kappa shape index (κ1) is 15.1. The van der Waals surface area contributed by atoms with Crippen LogP contribution in [0.2, 0.25) is 0 Å². The Morgan fingerprint density at radius 3 is 2.41 bits per heavy atom. The predicted molar refractivity (Wildman–Crippen MR) is 77.1 cm³/mol. The van der Waals surface area contributed by atoms with Crippen LogP contribution in [0.3, 0.4) is 0 Å². The lowest BCUT2D eigenvalue weighted by atomic mass is 9.75. The van der Waals surface area contributed by atoms with Crippen molar-refractivity contribution in [3.63, 3.8) is 0 Å². The van der Waals surface area contributed by atoms with Crippen LogP contribution in [0, 0.1) is 0 Å². The number of amides is 1. The van der Waals surface area contributed by atoms with Crippen molar-refractivity contribution in [1.82, 2.24) is 5.06 Å². The van der Waals surface area contributed by atoms with Crippen molar-refractivity contribution < 1.29 is 23.9 Å². The fraction of sp³-hybridized carbons (Fsp3) is 0.500. The highest BCUT2D eigenvalue weighted by Gasteiger charge is 2.58. The third-order valence-electron chi connectivity index (χ3n) is 4.69. The topological polar surface area (TPSA) is 65.1 Å². The van der Waals surface area contributed by atoms with E-state index < -0.39 is 11.8 Å². The van der Waals surface area contributed by atoms with E-state index in [0.29, 0.717) is 5.56 Å². The van der Waals surface area contributed by atoms with Crippen LogP contribution >= 0.6 is 0 Å². The molecule has 2 atom stereocenters. The Kier molecular flexibility index (Phi) is 3.76. The van der Waals surface area contributed by atoms with Crippen molar-refractivity contribution in [3.05, 3.63) is 35.4 Å². The summed E-state index contributed by atoms with van der Waals surface area (Å²) in [4.78, 5) is 30.3. The molecule has 1 saturated carbocycles. The highest BCUT2D eigenvalue weighted by molar-refractivity contribution is 5.97. The molecule has 1 aromatic rings. The molecule has 0 unspecified atom stereocenters. The SMILES string of the molecule is CON1C(=O)c2ccccc2[C@@H]2CC(=O)C[C@H]1C2(OC)OC. The summed E-state index contributed by atoms with van der Waals surface area (Å²) < 4.78 is 11.4. The lowest BCUT2D eigenvalue weighted by Crippen LogP contribution is -2.61. The minimum Gasteiger partial charge on any atom is -0.351 e. The zero-order valence-electron chi connectivity index (χ0n) is 12.9. The molecule has 6 heteroatoms. The number of nitrogens with zero attached hydrogens (tertiary/aromatic N) is 1. The molecule has 1 aliphatic heterocycles. The molecular weight excluding hydrogens is 286 g/mol. The average Bonchev–Trinajstić information content (AvgIpc) is 2.58. The van der Waals surface area contributed by atoms with Gasteiger partial charge in [0.1, 0.15) is 11.8 Å². The van der Waals surface area contributed by atoms with Crippen molar-refractivity contribution in [2.24, 2.45) is 0 Å². The van der Waals surface area contributed by atoms with E-state index in [2.05, 4.69) is 0 Å². The van der Waals surface area contributed by atoms with Crippen molar-refractivity contribution in [2.45, 2.75) is 30.6 Å². The maximum atomic E-state index is 12.8. The van der Waals surface area contributed by atoms with E-state index in [1.807, 2.05) is 12.1 Å². The van der Waals surface area contributed by atoms with Gasteiger partial charge in [0.2, 0.25) is 0 Å². The lowest BCUT2D eigenvalue weighted by Gasteiger charge is -2.47. The monoisotopic (exact) mass is 305 g/mol. The number of carbonyl (C=O) groups excluding carboxylic acids is 2. The number of Topliss-reactive ketones (excluding diaryl/α,β-unsaturated/α-hetero) is 1. The summed E-state index contributed by atoms with van der Waals surface area (Å²) in [6, 6.07) is 6.60. The van der Waals surface area contributed by atoms with E-state index in [0.717, 1.165) is 5.56 Å². The maximum Gasteiger partial charge on any atom is 0.278 e. The molecular formula is C16H19NO5. The first-order valence-electron chi connectivity index (χ1n) is 7.17. The molecule has 1 aliphatic carbocycles. The zero-order valence-corrected chi connectivity index (χ0v) is 12.9. The number of carbonyl (C=O) groups is 2. The second-order valence-corrected chi connectivity index (χ2v) is 5.55. The van der Waals surface area contributed by atoms with Gasteiger partial charge in [-0.05, 0) is 11.6 Å². The number of hydroxylamine groups is 2. The van der Waals surface area contributed by atoms with Crippen LogP contribution in [0.4, 0.5) is 0 Å². The molecule has 2 bridgehead atoms. The molecule has 0 spiro atoms. The van der Waals surface area contributed by atoms with Crippen LogP contribution in [-0.4, -0.2) is 49.9 Å². The van der Waals surface area contributed by atoms with Crippen molar-refractivity contribution >= 4 is 11.7 Å². The molecule has 0 saturated heterocycles. The van der Waals surface area contributed by atoms with Crippen molar-refractivity contribution in [1.29, 1.82) is 0 Å². The summed E-state index contributed by atoms with van der Waals surface area (Å²) in [6.07, 6.45) is 0.422. The number of rotatable bonds is 3. The summed E-state index contributed by atoms with van der Waals surface area (Å²) in [7, 11) is 4.48. The number of fused-ring (bicyclic) bond motifs is 4. The third-order valence-corrected chi connectivity index (χ3v) is 4.69. The molecule has 0 aromatic heterocycles. The molecule has 118 valence electrons. The molecule has 1 fully saturated rings. The molecule has 2 aliphatic rings. The van der Waals surface area contributed by atoms with Crippen LogP contribution in [-0.2, 0) is 19.1 Å². The van der Waals surface area contributed by atoms with Gasteiger partial charge in [0.25, 0.3) is 5.91 Å². The zero-order chi connectivity index (χ0) is 15.9. The number of ether oxygens (including phenoxy) is 2. The Hall–Kier alpha value is -1.76. The van der Waals surface area contributed by atoms with Gasteiger partial charge in [0.15, 0.2) is 5.79 Å². The smallest absolute Gasteiger partial charge is 0.278 e. The summed E-state index contributed by atoms with van der Waals surface area (Å²) in [6.45, 7) is 0. The lowest BCUT2D eigenvalue weighted by molar-refractivity contribution is -0.292. The molecule has 6 nitrogen and oxygen atoms in total. The second kappa shape index (κ2) is 5.46. The average molecular weight is 305 g/mol. The summed E-state index contributed by atoms with van der Waals surface area (Å²) in [5, 5.41) is 1.21. The fourth-order valence-electron chi connectivity index (χ4n) is 3.72. The normalized spacial score (nSPS) is 26.6. The standard InChI is InChI=1S/C16H19NO5/c1-20-16(21-2)13-8-10(18)9-14(16)17(22-3)15(19)12-7-5-4-6-11(12)13/h4-7,13-14H,8-9H2,1-3H3/t13-,14-/m0/s1. The van der Waals surface area contributed by atoms with Gasteiger partial charge in [-0.2, -0.15) is 0 Å². The maximum absolute atomic E-state index is 12.8. The van der Waals surface area contributed by atoms with E-state index in [-0.39, 0.29) is 30.4 Å². The van der Waals surface area contributed by atoms with Gasteiger partial charge < -0.3 is 9.47 Å². The summed E-state index contributed by atoms with van der Waals surface area (Å²) in [5.74, 6) is -1.68. The molecule has 1 heterocycles. The van der Waals surface area contributed by atoms with Gasteiger partial charge in [-0.1, -0.05) is 18.2 Å². The van der Waals surface area contributed by atoms with Crippen molar-refractivity contribution in [3.8, 4) is 0 Å². The molecule has 1 amide bonds. The molecule has 0 N–H and O–H groups in total. The fourth-order valence-corrected chi connectivity index (χ4v) is 3.72. The summed E-state index contributed by atoms with van der Waals surface area (Å²) >= 11 is 0. The highest BCUT2D eigenvalue weighted by Crippen LogP contribution is 2.48. The second-order valence-electron chi connectivity index (χ2n) is 5.55. The molecule has 1 aromatic carbocycles. The Bertz CT molecular complexity index is 610. The first-order valence-corrected chi connectivity index (χ1v) is 7.17. The van der Waals surface area contributed by atoms with Gasteiger partial charge in [0, 0.05) is 38.5 Å². The van der Waals surface area contributed by atoms with E-state index in [4.69, 9.17) is 14.3 Å². The minimum atomic E-state index is -1.10. The van der Waals surface area contributed by atoms with Crippen LogP contribution in [0.1, 0.15) is 34.7 Å². The number of ketones is 1. The van der Waals surface area contributed by atoms with E-state index in [1.165, 1.54) is 26.4 Å². The molecule has 0 radical (unpaired) electrons. The first-order chi connectivity index (χ1) is 10.6. The van der Waals surface area contributed by atoms with Gasteiger partial charge in [-0.15, -0.1) is 0 Å². The minimum absolute atomic E-state index is 0.0614. The Morgan fingerprint density at radius 2 is 1.77 bits per heavy atom. The quantitative estimate of drug-likeness (QED) is 0.792. The number of benzene rings is 1. The predicted octanol–water partition coefficient (Wildman–Crippen LogP) is 1.51. The van der Waals surface area contributed by atoms with Crippen LogP contribution in [0.5, 0.6) is 0 Å². The molecule has 22 heavy (non-hydrogen) atoms. The van der Waals surface area contributed by atoms with E-state index in [1.54, 1.807) is 12.1 Å². The number of methoxy groups -OCH3 is 2. The largest absolute Gasteiger partial charge is 0.351 e. The Balaban J connectivity index is 2.28. The number of hydrogen-bond acceptors (Lipinski definition) is 5. The van der Waals surface area contributed by atoms with Gasteiger partial charge in [-0.3, -0.25) is 14.4 Å². The van der Waals surface area contributed by atoms with E-state index >= 15 is 0 Å². The van der Waals surface area contributed by atoms with E-state index in [9.17, 15) is 9.59 Å².